The van der Waals surface area contributed by atoms with Gasteiger partial charge in [-0.05, 0) is 12.1 Å². The molecule has 7 heteroatoms. The Morgan fingerprint density at radius 1 is 1.44 bits per heavy atom. The van der Waals surface area contributed by atoms with Crippen LogP contribution < -0.4 is 5.73 Å². The first-order chi connectivity index (χ1) is 8.65. The van der Waals surface area contributed by atoms with Crippen molar-refractivity contribution in [2.45, 2.75) is 6.54 Å². The zero-order valence-corrected chi connectivity index (χ0v) is 10.1. The number of benzene rings is 1. The van der Waals surface area contributed by atoms with Crippen molar-refractivity contribution in [3.8, 4) is 0 Å². The summed E-state index contributed by atoms with van der Waals surface area (Å²) in [5.41, 5.74) is 7.38. The quantitative estimate of drug-likeness (QED) is 0.828. The highest BCUT2D eigenvalue weighted by Crippen LogP contribution is 2.25. The average molecular weight is 263 g/mol. The highest BCUT2D eigenvalue weighted by molar-refractivity contribution is 8.14. The third kappa shape index (κ3) is 1.72. The number of anilines is 1. The summed E-state index contributed by atoms with van der Waals surface area (Å²) in [7, 11) is 0. The fourth-order valence-corrected chi connectivity index (χ4v) is 2.48. The molecule has 2 heterocycles. The zero-order chi connectivity index (χ0) is 12.7. The highest BCUT2D eigenvalue weighted by atomic mass is 32.2. The summed E-state index contributed by atoms with van der Waals surface area (Å²) in [4.78, 5) is 28.2. The first-order valence-electron chi connectivity index (χ1n) is 5.26. The number of amides is 2. The average Bonchev–Trinajstić information content (AvgIpc) is 2.89. The Bertz CT molecular complexity index is 636. The Kier molecular flexibility index (Phi) is 2.48. The molecule has 0 bridgehead atoms. The second-order valence-corrected chi connectivity index (χ2v) is 4.76. The van der Waals surface area contributed by atoms with Crippen LogP contribution in [0.1, 0.15) is 5.89 Å². The maximum Gasteiger partial charge on any atom is 0.289 e. The lowest BCUT2D eigenvalue weighted by Crippen LogP contribution is -2.28. The first kappa shape index (κ1) is 11.1. The maximum absolute atomic E-state index is 11.5. The number of aromatic nitrogens is 1. The normalized spacial score (nSPS) is 15.9. The van der Waals surface area contributed by atoms with Crippen molar-refractivity contribution in [3.63, 3.8) is 0 Å². The van der Waals surface area contributed by atoms with Crippen molar-refractivity contribution in [2.75, 3.05) is 11.5 Å². The first-order valence-corrected chi connectivity index (χ1v) is 6.25. The molecule has 1 aliphatic heterocycles. The van der Waals surface area contributed by atoms with Gasteiger partial charge in [-0.15, -0.1) is 0 Å². The van der Waals surface area contributed by atoms with Crippen LogP contribution in [0.25, 0.3) is 11.1 Å². The van der Waals surface area contributed by atoms with Gasteiger partial charge in [0.05, 0.1) is 11.4 Å². The number of nitrogen functional groups attached to an aromatic ring is 1. The summed E-state index contributed by atoms with van der Waals surface area (Å²) in [5.74, 6) is 0.272. The minimum absolute atomic E-state index is 0.0544. The van der Waals surface area contributed by atoms with E-state index in [1.807, 2.05) is 0 Å². The van der Waals surface area contributed by atoms with E-state index in [1.165, 1.54) is 0 Å². The van der Waals surface area contributed by atoms with Crippen LogP contribution in [0.4, 0.5) is 10.5 Å². The van der Waals surface area contributed by atoms with Gasteiger partial charge in [-0.2, -0.15) is 0 Å². The minimum atomic E-state index is -0.268. The molecule has 1 aromatic carbocycles. The summed E-state index contributed by atoms with van der Waals surface area (Å²) < 4.78 is 5.46. The summed E-state index contributed by atoms with van der Waals surface area (Å²) >= 11 is 0.986. The van der Waals surface area contributed by atoms with E-state index in [2.05, 4.69) is 4.98 Å². The molecule has 0 aliphatic carbocycles. The van der Waals surface area contributed by atoms with Crippen molar-refractivity contribution in [3.05, 3.63) is 24.1 Å². The number of para-hydroxylation sites is 1. The van der Waals surface area contributed by atoms with Gasteiger partial charge in [0, 0.05) is 0 Å². The van der Waals surface area contributed by atoms with Gasteiger partial charge in [0.2, 0.25) is 11.8 Å². The molecule has 92 valence electrons. The predicted molar refractivity (Wildman–Crippen MR) is 66.8 cm³/mol. The van der Waals surface area contributed by atoms with Gasteiger partial charge < -0.3 is 10.2 Å². The van der Waals surface area contributed by atoms with E-state index < -0.39 is 0 Å². The molecule has 0 unspecified atom stereocenters. The fourth-order valence-electron chi connectivity index (χ4n) is 1.75. The molecule has 18 heavy (non-hydrogen) atoms. The largest absolute Gasteiger partial charge is 0.439 e. The molecular formula is C11H9N3O3S. The molecule has 1 aliphatic rings. The van der Waals surface area contributed by atoms with Gasteiger partial charge in [-0.3, -0.25) is 14.5 Å². The Hall–Kier alpha value is -2.02. The van der Waals surface area contributed by atoms with Gasteiger partial charge in [-0.25, -0.2) is 4.98 Å². The van der Waals surface area contributed by atoms with Crippen LogP contribution in [0.3, 0.4) is 0 Å². The SMILES string of the molecule is Nc1cccc2oc(CN3C(=O)CSC3=O)nc12. The number of nitrogens with zero attached hydrogens (tertiary/aromatic N) is 2. The summed E-state index contributed by atoms with van der Waals surface area (Å²) in [5, 5.41) is -0.268. The van der Waals surface area contributed by atoms with Crippen molar-refractivity contribution in [1.29, 1.82) is 0 Å². The number of oxazole rings is 1. The lowest BCUT2D eigenvalue weighted by molar-refractivity contribution is -0.125. The number of fused-ring (bicyclic) bond motifs is 1. The Morgan fingerprint density at radius 2 is 2.28 bits per heavy atom. The van der Waals surface area contributed by atoms with E-state index in [-0.39, 0.29) is 23.4 Å². The molecule has 2 aromatic rings. The number of hydrogen-bond acceptors (Lipinski definition) is 6. The Balaban J connectivity index is 1.93. The minimum Gasteiger partial charge on any atom is -0.439 e. The van der Waals surface area contributed by atoms with Crippen molar-refractivity contribution >= 4 is 39.7 Å². The van der Waals surface area contributed by atoms with Crippen molar-refractivity contribution < 1.29 is 14.0 Å². The lowest BCUT2D eigenvalue weighted by atomic mass is 10.3. The molecule has 2 amide bonds. The molecule has 1 fully saturated rings. The second kappa shape index (κ2) is 4.02. The Morgan fingerprint density at radius 3 is 2.94 bits per heavy atom. The van der Waals surface area contributed by atoms with E-state index in [0.717, 1.165) is 16.7 Å². The number of thioether (sulfide) groups is 1. The van der Waals surface area contributed by atoms with E-state index in [1.54, 1.807) is 18.2 Å². The van der Waals surface area contributed by atoms with Crippen LogP contribution in [0.5, 0.6) is 0 Å². The molecule has 0 spiro atoms. The van der Waals surface area contributed by atoms with Gasteiger partial charge in [0.15, 0.2) is 5.58 Å². The predicted octanol–water partition coefficient (Wildman–Crippen LogP) is 1.61. The number of hydrogen-bond donors (Lipinski definition) is 1. The topological polar surface area (TPSA) is 89.4 Å². The molecule has 0 atom stereocenters. The lowest BCUT2D eigenvalue weighted by Gasteiger charge is -2.08. The van der Waals surface area contributed by atoms with Crippen molar-refractivity contribution in [2.24, 2.45) is 0 Å². The summed E-state index contributed by atoms with van der Waals surface area (Å²) in [6.07, 6.45) is 0. The summed E-state index contributed by atoms with van der Waals surface area (Å²) in [6, 6.07) is 5.22. The molecule has 1 saturated heterocycles. The van der Waals surface area contributed by atoms with Crippen LogP contribution in [-0.4, -0.2) is 26.8 Å². The number of carbonyl (C=O) groups is 2. The number of carbonyl (C=O) groups excluding carboxylic acids is 2. The standard InChI is InChI=1S/C11H9N3O3S/c12-6-2-1-3-7-10(6)13-8(17-7)4-14-9(15)5-18-11(14)16/h1-3H,4-5,12H2. The molecular weight excluding hydrogens is 254 g/mol. The van der Waals surface area contributed by atoms with E-state index in [0.29, 0.717) is 22.7 Å². The van der Waals surface area contributed by atoms with E-state index in [9.17, 15) is 9.59 Å². The van der Waals surface area contributed by atoms with Gasteiger partial charge in [-0.1, -0.05) is 17.8 Å². The summed E-state index contributed by atoms with van der Waals surface area (Å²) in [6.45, 7) is 0.0544. The highest BCUT2D eigenvalue weighted by Gasteiger charge is 2.31. The van der Waals surface area contributed by atoms with Crippen molar-refractivity contribution in [1.82, 2.24) is 9.88 Å². The molecule has 2 N–H and O–H groups in total. The van der Waals surface area contributed by atoms with E-state index >= 15 is 0 Å². The number of rotatable bonds is 2. The maximum atomic E-state index is 11.5. The van der Waals surface area contributed by atoms with Crippen LogP contribution >= 0.6 is 11.8 Å². The van der Waals surface area contributed by atoms with Crippen LogP contribution in [0.2, 0.25) is 0 Å². The monoisotopic (exact) mass is 263 g/mol. The smallest absolute Gasteiger partial charge is 0.289 e. The number of imide groups is 1. The van der Waals surface area contributed by atoms with Crippen LogP contribution in [0.15, 0.2) is 22.6 Å². The molecule has 0 radical (unpaired) electrons. The zero-order valence-electron chi connectivity index (χ0n) is 9.25. The van der Waals surface area contributed by atoms with Gasteiger partial charge in [0.25, 0.3) is 5.24 Å². The second-order valence-electron chi connectivity index (χ2n) is 3.84. The molecule has 6 nitrogen and oxygen atoms in total. The van der Waals surface area contributed by atoms with Crippen LogP contribution in [-0.2, 0) is 11.3 Å². The van der Waals surface area contributed by atoms with Crippen LogP contribution in [0, 0.1) is 0 Å². The van der Waals surface area contributed by atoms with E-state index in [4.69, 9.17) is 10.2 Å². The van der Waals surface area contributed by atoms with Gasteiger partial charge in [0.1, 0.15) is 12.1 Å². The van der Waals surface area contributed by atoms with Gasteiger partial charge >= 0.3 is 0 Å². The third-order valence-corrected chi connectivity index (χ3v) is 3.49. The molecule has 0 saturated carbocycles. The molecule has 1 aromatic heterocycles. The molecule has 3 rings (SSSR count). The Labute approximate surface area is 106 Å². The number of nitrogens with two attached hydrogens (primary N) is 1. The third-order valence-electron chi connectivity index (χ3n) is 2.63. The fraction of sp³-hybridized carbons (Fsp3) is 0.182.